The number of rotatable bonds is 8. The fourth-order valence-corrected chi connectivity index (χ4v) is 5.33. The van der Waals surface area contributed by atoms with E-state index in [0.717, 1.165) is 50.4 Å². The molecule has 50 heavy (non-hydrogen) atoms. The van der Waals surface area contributed by atoms with Crippen LogP contribution < -0.4 is 0 Å². The smallest absolute Gasteiger partial charge is 0.141 e. The molecule has 0 atom stereocenters. The van der Waals surface area contributed by atoms with E-state index in [9.17, 15) is 10.2 Å². The van der Waals surface area contributed by atoms with Crippen LogP contribution in [0.5, 0.6) is 11.5 Å². The second-order valence-electron chi connectivity index (χ2n) is 12.0. The predicted molar refractivity (Wildman–Crippen MR) is 197 cm³/mol. The molecule has 1 aliphatic heterocycles. The Bertz CT molecular complexity index is 1470. The van der Waals surface area contributed by atoms with Crippen LogP contribution in [0.15, 0.2) is 107 Å². The van der Waals surface area contributed by atoms with Crippen molar-refractivity contribution in [3.05, 3.63) is 119 Å². The number of benzene rings is 4. The Morgan fingerprint density at radius 3 is 1.14 bits per heavy atom. The fourth-order valence-electron chi connectivity index (χ4n) is 5.33. The first-order valence-corrected chi connectivity index (χ1v) is 17.2. The van der Waals surface area contributed by atoms with E-state index in [1.165, 1.54) is 11.1 Å². The lowest BCUT2D eigenvalue weighted by molar-refractivity contribution is 0.00624. The van der Waals surface area contributed by atoms with Gasteiger partial charge in [-0.25, -0.2) is 0 Å². The molecular formula is C40H48N4O6. The summed E-state index contributed by atoms with van der Waals surface area (Å²) in [5, 5.41) is 19.9. The van der Waals surface area contributed by atoms with Crippen molar-refractivity contribution in [3.8, 4) is 11.5 Å². The van der Waals surface area contributed by atoms with E-state index >= 15 is 0 Å². The monoisotopic (exact) mass is 680 g/mol. The molecule has 0 amide bonds. The highest BCUT2D eigenvalue weighted by Gasteiger charge is 2.10. The first kappa shape index (κ1) is 36.9. The summed E-state index contributed by atoms with van der Waals surface area (Å²) in [7, 11) is 0. The second kappa shape index (κ2) is 20.9. The summed E-state index contributed by atoms with van der Waals surface area (Å²) in [4.78, 5) is 13.5. The fraction of sp³-hybridized carbons (Fsp3) is 0.350. The lowest BCUT2D eigenvalue weighted by atomic mass is 10.1. The minimum Gasteiger partial charge on any atom is -0.506 e. The van der Waals surface area contributed by atoms with Gasteiger partial charge in [0.1, 0.15) is 22.9 Å². The second-order valence-corrected chi connectivity index (χ2v) is 12.0. The minimum absolute atomic E-state index is 0.165. The molecule has 0 aromatic heterocycles. The van der Waals surface area contributed by atoms with E-state index in [1.807, 2.05) is 36.4 Å². The molecule has 0 aliphatic carbocycles. The SMILES string of the molecule is Oc1ccccc1N=Cc1ccc(CN2CCOCCOCCN(Cc3ccc(C=Nc4ccccc4O)cc3)CCOCCOCC2)cc1. The van der Waals surface area contributed by atoms with Gasteiger partial charge in [-0.2, -0.15) is 0 Å². The number of phenolic OH excluding ortho intramolecular Hbond substituents is 2. The van der Waals surface area contributed by atoms with Crippen LogP contribution in [0.3, 0.4) is 0 Å². The van der Waals surface area contributed by atoms with E-state index in [0.29, 0.717) is 64.2 Å². The summed E-state index contributed by atoms with van der Waals surface area (Å²) >= 11 is 0. The zero-order valence-corrected chi connectivity index (χ0v) is 28.6. The number of aromatic hydroxyl groups is 2. The molecule has 1 heterocycles. The first-order chi connectivity index (χ1) is 24.6. The van der Waals surface area contributed by atoms with Gasteiger partial charge in [-0.3, -0.25) is 19.8 Å². The highest BCUT2D eigenvalue weighted by atomic mass is 16.5. The maximum atomic E-state index is 9.95. The lowest BCUT2D eigenvalue weighted by Gasteiger charge is -2.24. The Kier molecular flexibility index (Phi) is 15.4. The van der Waals surface area contributed by atoms with Gasteiger partial charge in [0.2, 0.25) is 0 Å². The summed E-state index contributed by atoms with van der Waals surface area (Å²) in [5.74, 6) is 0.329. The molecule has 5 rings (SSSR count). The zero-order valence-electron chi connectivity index (χ0n) is 28.6. The topological polar surface area (TPSA) is 109 Å². The molecule has 0 unspecified atom stereocenters. The summed E-state index contributed by atoms with van der Waals surface area (Å²) < 4.78 is 23.7. The van der Waals surface area contributed by atoms with Crippen LogP contribution in [0, 0.1) is 0 Å². The number of nitrogens with zero attached hydrogens (tertiary/aromatic N) is 4. The molecular weight excluding hydrogens is 632 g/mol. The van der Waals surface area contributed by atoms with Gasteiger partial charge >= 0.3 is 0 Å². The van der Waals surface area contributed by atoms with Gasteiger partial charge in [-0.05, 0) is 46.5 Å². The van der Waals surface area contributed by atoms with E-state index in [2.05, 4.69) is 44.1 Å². The van der Waals surface area contributed by atoms with Gasteiger partial charge in [0.05, 0.1) is 52.9 Å². The molecule has 4 aromatic carbocycles. The largest absolute Gasteiger partial charge is 0.506 e. The zero-order chi connectivity index (χ0) is 34.6. The molecule has 10 nitrogen and oxygen atoms in total. The number of hydrogen-bond donors (Lipinski definition) is 2. The molecule has 1 saturated heterocycles. The number of aliphatic imine (C=N–C) groups is 2. The molecule has 0 saturated carbocycles. The molecule has 10 heteroatoms. The quantitative estimate of drug-likeness (QED) is 0.219. The summed E-state index contributed by atoms with van der Waals surface area (Å²) in [5.41, 5.74) is 5.41. The van der Waals surface area contributed by atoms with E-state index in [1.54, 1.807) is 48.8 Å². The normalized spacial score (nSPS) is 17.1. The van der Waals surface area contributed by atoms with Crippen molar-refractivity contribution in [1.82, 2.24) is 9.80 Å². The van der Waals surface area contributed by atoms with Crippen LogP contribution in [-0.4, -0.2) is 111 Å². The Balaban J connectivity index is 1.05. The number of para-hydroxylation sites is 4. The average Bonchev–Trinajstić information content (AvgIpc) is 3.13. The van der Waals surface area contributed by atoms with Gasteiger partial charge in [0.25, 0.3) is 0 Å². The van der Waals surface area contributed by atoms with Crippen LogP contribution in [-0.2, 0) is 32.0 Å². The molecule has 0 spiro atoms. The van der Waals surface area contributed by atoms with Crippen molar-refractivity contribution in [1.29, 1.82) is 0 Å². The highest BCUT2D eigenvalue weighted by Crippen LogP contribution is 2.25. The molecule has 0 bridgehead atoms. The minimum atomic E-state index is 0.165. The van der Waals surface area contributed by atoms with Crippen molar-refractivity contribution in [3.63, 3.8) is 0 Å². The third kappa shape index (κ3) is 13.1. The third-order valence-electron chi connectivity index (χ3n) is 8.19. The average molecular weight is 681 g/mol. The predicted octanol–water partition coefficient (Wildman–Crippen LogP) is 5.98. The summed E-state index contributed by atoms with van der Waals surface area (Å²) in [6.45, 7) is 9.29. The summed E-state index contributed by atoms with van der Waals surface area (Å²) in [6, 6.07) is 30.7. The van der Waals surface area contributed by atoms with Crippen molar-refractivity contribution < 1.29 is 29.2 Å². The van der Waals surface area contributed by atoms with Crippen molar-refractivity contribution in [2.75, 3.05) is 79.0 Å². The lowest BCUT2D eigenvalue weighted by Crippen LogP contribution is -2.32. The highest BCUT2D eigenvalue weighted by molar-refractivity contribution is 5.83. The Labute approximate surface area is 295 Å². The van der Waals surface area contributed by atoms with Crippen LogP contribution in [0.25, 0.3) is 0 Å². The maximum Gasteiger partial charge on any atom is 0.141 e. The molecule has 4 aromatic rings. The van der Waals surface area contributed by atoms with Crippen LogP contribution >= 0.6 is 0 Å². The van der Waals surface area contributed by atoms with Crippen molar-refractivity contribution in [2.24, 2.45) is 9.98 Å². The van der Waals surface area contributed by atoms with Crippen molar-refractivity contribution in [2.45, 2.75) is 13.1 Å². The maximum absolute atomic E-state index is 9.95. The van der Waals surface area contributed by atoms with Gasteiger partial charge in [0, 0.05) is 51.7 Å². The van der Waals surface area contributed by atoms with Gasteiger partial charge in [0.15, 0.2) is 0 Å². The third-order valence-corrected chi connectivity index (χ3v) is 8.19. The van der Waals surface area contributed by atoms with Gasteiger partial charge in [-0.1, -0.05) is 72.8 Å². The van der Waals surface area contributed by atoms with Gasteiger partial charge in [-0.15, -0.1) is 0 Å². The molecule has 0 radical (unpaired) electrons. The Morgan fingerprint density at radius 2 is 0.800 bits per heavy atom. The standard InChI is InChI=1S/C40H48N4O6/c45-39-7-3-1-5-37(39)41-29-33-9-13-35(14-10-33)31-43-17-21-47-25-27-49-23-19-44(20-24-50-28-26-48-22-18-43)32-36-15-11-34(12-16-36)30-42-38-6-2-4-8-40(38)46/h1-16,29-30,45-46H,17-28,31-32H2. The van der Waals surface area contributed by atoms with Crippen molar-refractivity contribution >= 4 is 23.8 Å². The molecule has 264 valence electrons. The van der Waals surface area contributed by atoms with E-state index in [4.69, 9.17) is 18.9 Å². The van der Waals surface area contributed by atoms with Crippen LogP contribution in [0.2, 0.25) is 0 Å². The van der Waals surface area contributed by atoms with Crippen LogP contribution in [0.1, 0.15) is 22.3 Å². The molecule has 2 N–H and O–H groups in total. The van der Waals surface area contributed by atoms with Crippen LogP contribution in [0.4, 0.5) is 11.4 Å². The number of phenols is 2. The molecule has 1 fully saturated rings. The summed E-state index contributed by atoms with van der Waals surface area (Å²) in [6.07, 6.45) is 3.52. The van der Waals surface area contributed by atoms with Gasteiger partial charge < -0.3 is 29.2 Å². The number of hydrogen-bond acceptors (Lipinski definition) is 10. The number of ether oxygens (including phenoxy) is 4. The Hall–Kier alpha value is -4.42. The first-order valence-electron chi connectivity index (χ1n) is 17.2. The van der Waals surface area contributed by atoms with E-state index in [-0.39, 0.29) is 11.5 Å². The molecule has 1 aliphatic rings. The van der Waals surface area contributed by atoms with E-state index < -0.39 is 0 Å². The Morgan fingerprint density at radius 1 is 0.460 bits per heavy atom.